The molecule has 5 aliphatic rings. The maximum atomic E-state index is 2.76. The zero-order valence-corrected chi connectivity index (χ0v) is 44.9. The zero-order valence-electron chi connectivity index (χ0n) is 44.9. The van der Waals surface area contributed by atoms with E-state index in [-0.39, 0.29) is 50.0 Å². The third kappa shape index (κ3) is 6.41. The molecule has 0 saturated heterocycles. The number of aryl methyl sites for hydroxylation is 1. The highest BCUT2D eigenvalue weighted by Gasteiger charge is 2.50. The minimum atomic E-state index is -0.209. The molecule has 11 rings (SSSR count). The van der Waals surface area contributed by atoms with Crippen molar-refractivity contribution in [1.29, 1.82) is 0 Å². The molecule has 0 aromatic heterocycles. The number of anilines is 6. The van der Waals surface area contributed by atoms with Gasteiger partial charge < -0.3 is 9.80 Å². The third-order valence-corrected chi connectivity index (χ3v) is 18.2. The summed E-state index contributed by atoms with van der Waals surface area (Å²) in [7, 11) is 0. The first-order valence-electron chi connectivity index (χ1n) is 25.9. The van der Waals surface area contributed by atoms with E-state index >= 15 is 0 Å². The van der Waals surface area contributed by atoms with Crippen molar-refractivity contribution in [1.82, 2.24) is 0 Å². The molecule has 6 aromatic carbocycles. The van der Waals surface area contributed by atoms with Crippen LogP contribution in [0, 0.1) is 6.92 Å². The first-order chi connectivity index (χ1) is 31.4. The molecule has 3 heteroatoms. The van der Waals surface area contributed by atoms with E-state index in [9.17, 15) is 0 Å². The van der Waals surface area contributed by atoms with Crippen molar-refractivity contribution < 1.29 is 0 Å². The number of hydrogen-bond acceptors (Lipinski definition) is 2. The maximum Gasteiger partial charge on any atom is 0.252 e. The van der Waals surface area contributed by atoms with Gasteiger partial charge in [0.05, 0.1) is 0 Å². The molecule has 2 aliphatic heterocycles. The average Bonchev–Trinajstić information content (AvgIpc) is 3.64. The summed E-state index contributed by atoms with van der Waals surface area (Å²) >= 11 is 0. The van der Waals surface area contributed by atoms with Crippen molar-refractivity contribution in [2.24, 2.45) is 0 Å². The highest BCUT2D eigenvalue weighted by Crippen LogP contribution is 2.57. The van der Waals surface area contributed by atoms with Gasteiger partial charge in [-0.25, -0.2) is 0 Å². The summed E-state index contributed by atoms with van der Waals surface area (Å²) < 4.78 is 0. The molecule has 3 aliphatic carbocycles. The Labute approximate surface area is 411 Å². The second kappa shape index (κ2) is 13.9. The van der Waals surface area contributed by atoms with Crippen LogP contribution in [0.2, 0.25) is 0 Å². The summed E-state index contributed by atoms with van der Waals surface area (Å²) in [5.41, 5.74) is 26.6. The first kappa shape index (κ1) is 45.4. The Kier molecular flexibility index (Phi) is 9.26. The van der Waals surface area contributed by atoms with E-state index in [1.54, 1.807) is 0 Å². The van der Waals surface area contributed by atoms with Gasteiger partial charge in [-0.1, -0.05) is 178 Å². The lowest BCUT2D eigenvalue weighted by Gasteiger charge is -2.46. The van der Waals surface area contributed by atoms with E-state index in [2.05, 4.69) is 238 Å². The second-order valence-electron chi connectivity index (χ2n) is 27.8. The molecule has 0 N–H and O–H groups in total. The van der Waals surface area contributed by atoms with Crippen LogP contribution in [-0.2, 0) is 43.3 Å². The van der Waals surface area contributed by atoms with Crippen molar-refractivity contribution in [3.05, 3.63) is 159 Å². The highest BCUT2D eigenvalue weighted by atomic mass is 15.2. The molecule has 350 valence electrons. The minimum absolute atomic E-state index is 0.0257. The Balaban J connectivity index is 1.28. The number of hydrogen-bond donors (Lipinski definition) is 0. The fourth-order valence-corrected chi connectivity index (χ4v) is 15.3. The van der Waals surface area contributed by atoms with E-state index in [0.717, 1.165) is 19.3 Å². The molecule has 68 heavy (non-hydrogen) atoms. The number of benzene rings is 6. The maximum absolute atomic E-state index is 2.76. The Morgan fingerprint density at radius 3 is 1.46 bits per heavy atom. The molecule has 6 aromatic rings. The van der Waals surface area contributed by atoms with Gasteiger partial charge in [0.2, 0.25) is 0 Å². The normalized spacial score (nSPS) is 20.4. The van der Waals surface area contributed by atoms with Gasteiger partial charge >= 0.3 is 0 Å². The van der Waals surface area contributed by atoms with Gasteiger partial charge in [0.25, 0.3) is 6.71 Å². The van der Waals surface area contributed by atoms with Gasteiger partial charge in [0.1, 0.15) is 0 Å². The summed E-state index contributed by atoms with van der Waals surface area (Å²) in [5.74, 6) is 0. The third-order valence-electron chi connectivity index (χ3n) is 18.2. The van der Waals surface area contributed by atoms with Gasteiger partial charge in [-0.3, -0.25) is 0 Å². The van der Waals surface area contributed by atoms with E-state index in [1.165, 1.54) is 106 Å². The predicted molar refractivity (Wildman–Crippen MR) is 294 cm³/mol. The minimum Gasteiger partial charge on any atom is -0.311 e. The Hall–Kier alpha value is -5.02. The molecule has 0 amide bonds. The van der Waals surface area contributed by atoms with Crippen molar-refractivity contribution in [2.75, 3.05) is 9.80 Å². The fraction of sp³-hybridized carbons (Fsp3) is 0.446. The van der Waals surface area contributed by atoms with E-state index in [4.69, 9.17) is 0 Å². The molecule has 0 atom stereocenters. The van der Waals surface area contributed by atoms with Crippen LogP contribution >= 0.6 is 0 Å². The lowest BCUT2D eigenvalue weighted by atomic mass is 9.33. The average molecular weight is 897 g/mol. The Bertz CT molecular complexity index is 3130. The van der Waals surface area contributed by atoms with Gasteiger partial charge in [0, 0.05) is 39.5 Å². The topological polar surface area (TPSA) is 6.48 Å². The summed E-state index contributed by atoms with van der Waals surface area (Å²) in [6, 6.07) is 42.0. The summed E-state index contributed by atoms with van der Waals surface area (Å²) in [6.45, 7) is 44.1. The molecule has 0 unspecified atom stereocenters. The largest absolute Gasteiger partial charge is 0.311 e. The lowest BCUT2D eigenvalue weighted by molar-refractivity contribution is 0.402. The van der Waals surface area contributed by atoms with Crippen LogP contribution in [0.5, 0.6) is 0 Å². The summed E-state index contributed by atoms with van der Waals surface area (Å²) in [5, 5.41) is 0. The monoisotopic (exact) mass is 897 g/mol. The Morgan fingerprint density at radius 1 is 0.397 bits per heavy atom. The quantitative estimate of drug-likeness (QED) is 0.162. The van der Waals surface area contributed by atoms with Crippen molar-refractivity contribution >= 4 is 57.2 Å². The van der Waals surface area contributed by atoms with Gasteiger partial charge in [-0.15, -0.1) is 0 Å². The standard InChI is InChI=1S/C65H77BN2/c1-39-28-45-48(63(13,14)37-60(45,7)8)34-53(39)68-54-35-49-47(62(11,12)38-64(49,15)16)33-51(54)66-50-29-41(65(17,18)40-22-20-19-21-23-40)24-27-52(50)67(55-30-42(58(2,3)4)31-56(68)57(55)66)43-25-26-44-46(32-43)61(9,10)36-59(44,5)6/h19-35H,36-38H2,1-18H3. The molecule has 2 heterocycles. The van der Waals surface area contributed by atoms with Crippen LogP contribution in [0.4, 0.5) is 34.1 Å². The predicted octanol–water partition coefficient (Wildman–Crippen LogP) is 15.6. The van der Waals surface area contributed by atoms with Gasteiger partial charge in [0.15, 0.2) is 0 Å². The SMILES string of the molecule is Cc1cc2c(cc1N1c3cc4c(cc3B3c5cc(C(C)(C)c6ccccc6)ccc5N(c5ccc6c(c5)C(C)(C)CC6(C)C)c5cc(C(C)(C)C)cc1c53)C(C)(C)CC4(C)C)C(C)(C)CC2(C)C. The van der Waals surface area contributed by atoms with Crippen LogP contribution < -0.4 is 26.2 Å². The van der Waals surface area contributed by atoms with Crippen LogP contribution in [0.3, 0.4) is 0 Å². The number of nitrogens with zero attached hydrogens (tertiary/aromatic N) is 2. The highest BCUT2D eigenvalue weighted by molar-refractivity contribution is 7.00. The van der Waals surface area contributed by atoms with Crippen molar-refractivity contribution in [2.45, 2.75) is 187 Å². The van der Waals surface area contributed by atoms with Crippen LogP contribution in [-0.4, -0.2) is 6.71 Å². The molecular weight excluding hydrogens is 820 g/mol. The summed E-state index contributed by atoms with van der Waals surface area (Å²) in [6.07, 6.45) is 3.41. The molecule has 2 nitrogen and oxygen atoms in total. The summed E-state index contributed by atoms with van der Waals surface area (Å²) in [4.78, 5) is 5.44. The van der Waals surface area contributed by atoms with Gasteiger partial charge in [-0.2, -0.15) is 0 Å². The van der Waals surface area contributed by atoms with Crippen molar-refractivity contribution in [3.8, 4) is 0 Å². The molecule has 0 bridgehead atoms. The zero-order chi connectivity index (χ0) is 48.8. The van der Waals surface area contributed by atoms with E-state index < -0.39 is 0 Å². The molecule has 0 fully saturated rings. The number of fused-ring (bicyclic) bond motifs is 7. The fourth-order valence-electron chi connectivity index (χ4n) is 15.3. The second-order valence-corrected chi connectivity index (χ2v) is 27.8. The smallest absolute Gasteiger partial charge is 0.252 e. The van der Waals surface area contributed by atoms with E-state index in [1.807, 2.05) is 0 Å². The molecule has 0 radical (unpaired) electrons. The number of rotatable bonds is 4. The molecule has 0 saturated carbocycles. The van der Waals surface area contributed by atoms with E-state index in [0.29, 0.717) is 0 Å². The van der Waals surface area contributed by atoms with Crippen molar-refractivity contribution in [3.63, 3.8) is 0 Å². The molecule has 0 spiro atoms. The van der Waals surface area contributed by atoms with Crippen LogP contribution in [0.25, 0.3) is 0 Å². The molecular formula is C65H77BN2. The first-order valence-corrected chi connectivity index (χ1v) is 25.9. The lowest BCUT2D eigenvalue weighted by Crippen LogP contribution is -2.62. The van der Waals surface area contributed by atoms with Gasteiger partial charge in [-0.05, 0) is 179 Å². The van der Waals surface area contributed by atoms with Crippen LogP contribution in [0.15, 0.2) is 103 Å². The van der Waals surface area contributed by atoms with Crippen LogP contribution in [0.1, 0.15) is 193 Å². The Morgan fingerprint density at radius 2 is 0.882 bits per heavy atom.